The van der Waals surface area contributed by atoms with Crippen molar-refractivity contribution in [2.75, 3.05) is 17.7 Å². The number of carbonyl (C=O) groups excluding carboxylic acids is 1. The van der Waals surface area contributed by atoms with Crippen molar-refractivity contribution in [3.05, 3.63) is 23.8 Å². The van der Waals surface area contributed by atoms with Gasteiger partial charge >= 0.3 is 0 Å². The zero-order valence-electron chi connectivity index (χ0n) is 12.8. The van der Waals surface area contributed by atoms with Gasteiger partial charge < -0.3 is 21.5 Å². The summed E-state index contributed by atoms with van der Waals surface area (Å²) in [6.07, 6.45) is 3.95. The first-order valence-corrected chi connectivity index (χ1v) is 7.59. The van der Waals surface area contributed by atoms with E-state index in [2.05, 4.69) is 19.2 Å². The highest BCUT2D eigenvalue weighted by atomic mass is 16.5. The maximum absolute atomic E-state index is 11.1. The number of nitrogens with one attached hydrogen (secondary N) is 1. The topological polar surface area (TPSA) is 90.4 Å². The first-order valence-electron chi connectivity index (χ1n) is 7.59. The van der Waals surface area contributed by atoms with E-state index in [9.17, 15) is 4.79 Å². The van der Waals surface area contributed by atoms with Gasteiger partial charge in [0.25, 0.3) is 0 Å². The molecule has 116 valence electrons. The van der Waals surface area contributed by atoms with E-state index in [0.717, 1.165) is 38.0 Å². The molecule has 1 saturated heterocycles. The Labute approximate surface area is 126 Å². The van der Waals surface area contributed by atoms with E-state index in [1.165, 1.54) is 0 Å². The lowest BCUT2D eigenvalue weighted by molar-refractivity contribution is -0.0864. The van der Waals surface area contributed by atoms with Crippen LogP contribution < -0.4 is 16.8 Å². The van der Waals surface area contributed by atoms with E-state index in [1.54, 1.807) is 12.1 Å². The Morgan fingerprint density at radius 1 is 1.43 bits per heavy atom. The molecule has 1 fully saturated rings. The van der Waals surface area contributed by atoms with Gasteiger partial charge in [0.2, 0.25) is 5.91 Å². The van der Waals surface area contributed by atoms with Gasteiger partial charge in [-0.05, 0) is 43.9 Å². The minimum atomic E-state index is -0.463. The zero-order valence-corrected chi connectivity index (χ0v) is 12.8. The summed E-state index contributed by atoms with van der Waals surface area (Å²) in [6.45, 7) is 5.10. The highest BCUT2D eigenvalue weighted by molar-refractivity contribution is 5.94. The van der Waals surface area contributed by atoms with Crippen molar-refractivity contribution in [3.8, 4) is 0 Å². The minimum Gasteiger partial charge on any atom is -0.397 e. The van der Waals surface area contributed by atoms with Crippen LogP contribution in [-0.2, 0) is 4.74 Å². The van der Waals surface area contributed by atoms with Gasteiger partial charge in [0.05, 0.1) is 17.0 Å². The molecule has 0 aromatic heterocycles. The molecule has 5 heteroatoms. The molecule has 0 saturated carbocycles. The van der Waals surface area contributed by atoms with Crippen LogP contribution in [-0.4, -0.2) is 24.2 Å². The van der Waals surface area contributed by atoms with Gasteiger partial charge in [-0.2, -0.15) is 0 Å². The SMILES string of the molecule is CCC1(CC)CC(Nc2ccc(C(N)=O)cc2N)CCO1. The molecule has 2 rings (SSSR count). The highest BCUT2D eigenvalue weighted by Crippen LogP contribution is 2.33. The lowest BCUT2D eigenvalue weighted by Gasteiger charge is -2.40. The van der Waals surface area contributed by atoms with Crippen LogP contribution in [0.5, 0.6) is 0 Å². The number of rotatable bonds is 5. The smallest absolute Gasteiger partial charge is 0.248 e. The average Bonchev–Trinajstić information content (AvgIpc) is 2.49. The normalized spacial score (nSPS) is 21.0. The molecule has 0 radical (unpaired) electrons. The summed E-state index contributed by atoms with van der Waals surface area (Å²) in [5.74, 6) is -0.463. The molecule has 1 aliphatic heterocycles. The van der Waals surface area contributed by atoms with Gasteiger partial charge in [-0.1, -0.05) is 13.8 Å². The fraction of sp³-hybridized carbons (Fsp3) is 0.562. The third-order valence-electron chi connectivity index (χ3n) is 4.48. The standard InChI is InChI=1S/C16H25N3O2/c1-3-16(4-2)10-12(7-8-21-16)19-14-6-5-11(15(18)20)9-13(14)17/h5-6,9,12,19H,3-4,7-8,10,17H2,1-2H3,(H2,18,20). The number of anilines is 2. The van der Waals surface area contributed by atoms with Gasteiger partial charge in [-0.15, -0.1) is 0 Å². The Balaban J connectivity index is 2.09. The number of carbonyl (C=O) groups is 1. The summed E-state index contributed by atoms with van der Waals surface area (Å²) in [5, 5.41) is 3.48. The number of primary amides is 1. The fourth-order valence-corrected chi connectivity index (χ4v) is 2.96. The van der Waals surface area contributed by atoms with Gasteiger partial charge in [0.15, 0.2) is 0 Å². The maximum atomic E-state index is 11.1. The number of nitrogen functional groups attached to an aromatic ring is 1. The molecule has 1 aromatic rings. The Morgan fingerprint density at radius 3 is 2.71 bits per heavy atom. The second kappa shape index (κ2) is 6.35. The third-order valence-corrected chi connectivity index (χ3v) is 4.48. The maximum Gasteiger partial charge on any atom is 0.248 e. The number of benzene rings is 1. The molecule has 0 spiro atoms. The van der Waals surface area contributed by atoms with Crippen molar-refractivity contribution in [2.45, 2.75) is 51.2 Å². The van der Waals surface area contributed by atoms with Crippen molar-refractivity contribution in [3.63, 3.8) is 0 Å². The Hall–Kier alpha value is -1.75. The van der Waals surface area contributed by atoms with E-state index in [4.69, 9.17) is 16.2 Å². The highest BCUT2D eigenvalue weighted by Gasteiger charge is 2.34. The van der Waals surface area contributed by atoms with E-state index in [0.29, 0.717) is 17.3 Å². The molecule has 0 bridgehead atoms. The summed E-state index contributed by atoms with van der Waals surface area (Å²) in [5.41, 5.74) is 13.1. The second-order valence-corrected chi connectivity index (χ2v) is 5.74. The van der Waals surface area contributed by atoms with Crippen LogP contribution in [0.1, 0.15) is 49.9 Å². The number of ether oxygens (including phenoxy) is 1. The number of hydrogen-bond donors (Lipinski definition) is 3. The van der Waals surface area contributed by atoms with Gasteiger partial charge in [0.1, 0.15) is 0 Å². The van der Waals surface area contributed by atoms with Crippen molar-refractivity contribution < 1.29 is 9.53 Å². The molecule has 1 aliphatic rings. The van der Waals surface area contributed by atoms with Gasteiger partial charge in [-0.3, -0.25) is 4.79 Å². The summed E-state index contributed by atoms with van der Waals surface area (Å²) < 4.78 is 5.98. The van der Waals surface area contributed by atoms with Gasteiger partial charge in [-0.25, -0.2) is 0 Å². The molecule has 0 aliphatic carbocycles. The summed E-state index contributed by atoms with van der Waals surface area (Å²) in [6, 6.07) is 5.48. The quantitative estimate of drug-likeness (QED) is 0.727. The number of amides is 1. The Kier molecular flexibility index (Phi) is 4.73. The minimum absolute atomic E-state index is 0.0299. The van der Waals surface area contributed by atoms with Crippen molar-refractivity contribution >= 4 is 17.3 Å². The molecule has 1 atom stereocenters. The molecule has 1 unspecified atom stereocenters. The average molecular weight is 291 g/mol. The van der Waals surface area contributed by atoms with Crippen LogP contribution in [0, 0.1) is 0 Å². The predicted molar refractivity (Wildman–Crippen MR) is 85.3 cm³/mol. The third kappa shape index (κ3) is 3.47. The second-order valence-electron chi connectivity index (χ2n) is 5.74. The van der Waals surface area contributed by atoms with Gasteiger partial charge in [0, 0.05) is 18.2 Å². The van der Waals surface area contributed by atoms with E-state index < -0.39 is 5.91 Å². The number of hydrogen-bond acceptors (Lipinski definition) is 4. The molecule has 1 amide bonds. The van der Waals surface area contributed by atoms with Crippen LogP contribution in [0.15, 0.2) is 18.2 Å². The molecular weight excluding hydrogens is 266 g/mol. The van der Waals surface area contributed by atoms with E-state index >= 15 is 0 Å². The van der Waals surface area contributed by atoms with Crippen molar-refractivity contribution in [1.29, 1.82) is 0 Å². The molecule has 21 heavy (non-hydrogen) atoms. The fourth-order valence-electron chi connectivity index (χ4n) is 2.96. The van der Waals surface area contributed by atoms with Crippen LogP contribution in [0.4, 0.5) is 11.4 Å². The molecule has 5 N–H and O–H groups in total. The van der Waals surface area contributed by atoms with E-state index in [1.807, 2.05) is 6.07 Å². The van der Waals surface area contributed by atoms with Crippen LogP contribution in [0.25, 0.3) is 0 Å². The largest absolute Gasteiger partial charge is 0.397 e. The lowest BCUT2D eigenvalue weighted by Crippen LogP contribution is -2.43. The molecule has 5 nitrogen and oxygen atoms in total. The van der Waals surface area contributed by atoms with E-state index in [-0.39, 0.29) is 5.60 Å². The Morgan fingerprint density at radius 2 is 2.14 bits per heavy atom. The van der Waals surface area contributed by atoms with Crippen molar-refractivity contribution in [2.24, 2.45) is 5.73 Å². The Bertz CT molecular complexity index is 512. The summed E-state index contributed by atoms with van der Waals surface area (Å²) in [4.78, 5) is 11.1. The van der Waals surface area contributed by atoms with Crippen molar-refractivity contribution in [1.82, 2.24) is 0 Å². The van der Waals surface area contributed by atoms with Crippen LogP contribution in [0.2, 0.25) is 0 Å². The first-order chi connectivity index (χ1) is 9.99. The summed E-state index contributed by atoms with van der Waals surface area (Å²) in [7, 11) is 0. The molecule has 1 aromatic carbocycles. The first kappa shape index (κ1) is 15.6. The zero-order chi connectivity index (χ0) is 15.5. The molecular formula is C16H25N3O2. The predicted octanol–water partition coefficient (Wildman–Crippen LogP) is 2.52. The summed E-state index contributed by atoms with van der Waals surface area (Å²) >= 11 is 0. The molecule has 1 heterocycles. The lowest BCUT2D eigenvalue weighted by atomic mass is 9.86. The monoisotopic (exact) mass is 291 g/mol. The van der Waals surface area contributed by atoms with Crippen LogP contribution in [0.3, 0.4) is 0 Å². The number of nitrogens with two attached hydrogens (primary N) is 2. The van der Waals surface area contributed by atoms with Crippen LogP contribution >= 0.6 is 0 Å².